The van der Waals surface area contributed by atoms with E-state index in [1.807, 2.05) is 18.2 Å². The van der Waals surface area contributed by atoms with Gasteiger partial charge in [0.1, 0.15) is 0 Å². The summed E-state index contributed by atoms with van der Waals surface area (Å²) in [5.41, 5.74) is 2.19. The molecule has 0 N–H and O–H groups in total. The lowest BCUT2D eigenvalue weighted by Gasteiger charge is -1.97. The Kier molecular flexibility index (Phi) is 2.12. The van der Waals surface area contributed by atoms with E-state index in [-0.39, 0.29) is 0 Å². The van der Waals surface area contributed by atoms with Crippen LogP contribution in [0.4, 0.5) is 0 Å². The molecule has 0 aliphatic rings. The highest BCUT2D eigenvalue weighted by Gasteiger charge is 1.92. The van der Waals surface area contributed by atoms with E-state index in [4.69, 9.17) is 6.42 Å². The maximum Gasteiger partial charge on any atom is 0.0274 e. The molecule has 1 rings (SSSR count). The number of hydrogen-bond acceptors (Lipinski definition) is 0. The van der Waals surface area contributed by atoms with Gasteiger partial charge < -0.3 is 0 Å². The molecule has 0 spiro atoms. The summed E-state index contributed by atoms with van der Waals surface area (Å²) in [6, 6.07) is 8.69. The second-order valence-electron chi connectivity index (χ2n) is 2.08. The zero-order chi connectivity index (χ0) is 7.40. The topological polar surface area (TPSA) is 0 Å². The van der Waals surface area contributed by atoms with Crippen molar-refractivity contribution in [3.05, 3.63) is 35.4 Å². The summed E-state index contributed by atoms with van der Waals surface area (Å²) in [6.45, 7) is 2.09. The molecule has 0 bridgehead atoms. The van der Waals surface area contributed by atoms with Crippen LogP contribution in [0.1, 0.15) is 18.1 Å². The molecule has 0 heteroatoms. The zero-order valence-corrected chi connectivity index (χ0v) is 6.02. The average Bonchev–Trinajstić information content (AvgIpc) is 2.04. The number of hydrogen-bond donors (Lipinski definition) is 0. The van der Waals surface area contributed by atoms with Gasteiger partial charge in [-0.25, -0.2) is 0 Å². The van der Waals surface area contributed by atoms with E-state index >= 15 is 0 Å². The molecule has 0 atom stereocenters. The molecule has 0 heterocycles. The van der Waals surface area contributed by atoms with Crippen molar-refractivity contribution in [1.82, 2.24) is 0 Å². The van der Waals surface area contributed by atoms with Crippen LogP contribution in [0.15, 0.2) is 18.2 Å². The molecular weight excluding hydrogens is 120 g/mol. The fourth-order valence-electron chi connectivity index (χ4n) is 0.898. The summed E-state index contributed by atoms with van der Waals surface area (Å²) < 4.78 is 0. The van der Waals surface area contributed by atoms with Gasteiger partial charge in [-0.15, -0.1) is 6.42 Å². The normalized spacial score (nSPS) is 8.80. The Hall–Kier alpha value is -1.22. The van der Waals surface area contributed by atoms with Crippen molar-refractivity contribution in [2.45, 2.75) is 13.3 Å². The third kappa shape index (κ3) is 1.19. The molecule has 0 fully saturated rings. The van der Waals surface area contributed by atoms with Crippen molar-refractivity contribution >= 4 is 0 Å². The van der Waals surface area contributed by atoms with Crippen molar-refractivity contribution in [1.29, 1.82) is 0 Å². The first-order chi connectivity index (χ1) is 4.88. The predicted octanol–water partition coefficient (Wildman–Crippen LogP) is 2.03. The first-order valence-electron chi connectivity index (χ1n) is 3.34. The van der Waals surface area contributed by atoms with E-state index in [1.54, 1.807) is 0 Å². The smallest absolute Gasteiger partial charge is 0.0274 e. The fourth-order valence-corrected chi connectivity index (χ4v) is 0.898. The number of rotatable bonds is 1. The van der Waals surface area contributed by atoms with Crippen LogP contribution in [-0.2, 0) is 6.42 Å². The second kappa shape index (κ2) is 3.08. The maximum absolute atomic E-state index is 5.26. The van der Waals surface area contributed by atoms with Crippen LogP contribution in [0.5, 0.6) is 0 Å². The van der Waals surface area contributed by atoms with Gasteiger partial charge in [-0.3, -0.25) is 0 Å². The summed E-state index contributed by atoms with van der Waals surface area (Å²) in [6.07, 6.45) is 6.25. The van der Waals surface area contributed by atoms with Gasteiger partial charge in [0.25, 0.3) is 0 Å². The van der Waals surface area contributed by atoms with Crippen molar-refractivity contribution in [2.75, 3.05) is 0 Å². The summed E-state index contributed by atoms with van der Waals surface area (Å²) in [5.74, 6) is 2.63. The molecule has 0 nitrogen and oxygen atoms in total. The highest BCUT2D eigenvalue weighted by atomic mass is 14.0. The number of terminal acetylenes is 1. The third-order valence-electron chi connectivity index (χ3n) is 1.49. The highest BCUT2D eigenvalue weighted by Crippen LogP contribution is 2.06. The van der Waals surface area contributed by atoms with Crippen molar-refractivity contribution in [3.8, 4) is 12.3 Å². The van der Waals surface area contributed by atoms with Crippen molar-refractivity contribution in [3.63, 3.8) is 0 Å². The fraction of sp³-hybridized carbons (Fsp3) is 0.200. The minimum absolute atomic E-state index is 0.983. The Morgan fingerprint density at radius 1 is 1.70 bits per heavy atom. The largest absolute Gasteiger partial charge is 0.115 e. The molecule has 0 aromatic heterocycles. The van der Waals surface area contributed by atoms with Crippen LogP contribution in [0.3, 0.4) is 0 Å². The van der Waals surface area contributed by atoms with E-state index in [0.29, 0.717) is 0 Å². The van der Waals surface area contributed by atoms with Gasteiger partial charge in [-0.2, -0.15) is 0 Å². The Balaban J connectivity index is 3.12. The second-order valence-corrected chi connectivity index (χ2v) is 2.08. The van der Waals surface area contributed by atoms with Crippen molar-refractivity contribution in [2.24, 2.45) is 0 Å². The Morgan fingerprint density at radius 2 is 2.50 bits per heavy atom. The monoisotopic (exact) mass is 129 g/mol. The number of aryl methyl sites for hydroxylation is 1. The zero-order valence-electron chi connectivity index (χ0n) is 6.02. The summed E-state index contributed by atoms with van der Waals surface area (Å²) in [5, 5.41) is 0. The Bertz CT molecular complexity index is 253. The molecule has 0 amide bonds. The minimum atomic E-state index is 0.983. The molecule has 0 aliphatic carbocycles. The quantitative estimate of drug-likeness (QED) is 0.509. The lowest BCUT2D eigenvalue weighted by Crippen LogP contribution is -1.84. The molecule has 0 saturated heterocycles. The van der Waals surface area contributed by atoms with Gasteiger partial charge in [0.2, 0.25) is 0 Å². The molecule has 49 valence electrons. The van der Waals surface area contributed by atoms with Crippen LogP contribution >= 0.6 is 0 Å². The molecule has 0 saturated carbocycles. The molecule has 0 unspecified atom stereocenters. The molecule has 1 aromatic carbocycles. The third-order valence-corrected chi connectivity index (χ3v) is 1.49. The Labute approximate surface area is 61.9 Å². The predicted molar refractivity (Wildman–Crippen MR) is 42.6 cm³/mol. The molecule has 0 aliphatic heterocycles. The van der Waals surface area contributed by atoms with Crippen LogP contribution < -0.4 is 0 Å². The summed E-state index contributed by atoms with van der Waals surface area (Å²) >= 11 is 0. The van der Waals surface area contributed by atoms with Crippen LogP contribution in [0.25, 0.3) is 0 Å². The van der Waals surface area contributed by atoms with Crippen LogP contribution in [0.2, 0.25) is 0 Å². The Morgan fingerprint density at radius 3 is 3.00 bits per heavy atom. The SMILES string of the molecule is C#Cc1cc[c]cc1CC. The van der Waals surface area contributed by atoms with Gasteiger partial charge >= 0.3 is 0 Å². The van der Waals surface area contributed by atoms with Crippen molar-refractivity contribution < 1.29 is 0 Å². The first kappa shape index (κ1) is 6.89. The minimum Gasteiger partial charge on any atom is -0.115 e. The average molecular weight is 129 g/mol. The molecular formula is C10H9. The summed E-state index contributed by atoms with van der Waals surface area (Å²) in [4.78, 5) is 0. The molecule has 1 radical (unpaired) electrons. The van der Waals surface area contributed by atoms with Gasteiger partial charge in [0.05, 0.1) is 0 Å². The number of benzene rings is 1. The molecule has 1 aromatic rings. The highest BCUT2D eigenvalue weighted by molar-refractivity contribution is 5.39. The van der Waals surface area contributed by atoms with E-state index in [9.17, 15) is 0 Å². The lowest BCUT2D eigenvalue weighted by molar-refractivity contribution is 1.13. The summed E-state index contributed by atoms with van der Waals surface area (Å²) in [7, 11) is 0. The van der Waals surface area contributed by atoms with Gasteiger partial charge in [0, 0.05) is 5.56 Å². The van der Waals surface area contributed by atoms with Gasteiger partial charge in [-0.1, -0.05) is 18.9 Å². The van der Waals surface area contributed by atoms with E-state index in [1.165, 1.54) is 5.56 Å². The van der Waals surface area contributed by atoms with Gasteiger partial charge in [-0.05, 0) is 30.2 Å². The van der Waals surface area contributed by atoms with E-state index in [0.717, 1.165) is 12.0 Å². The van der Waals surface area contributed by atoms with E-state index in [2.05, 4.69) is 18.9 Å². The first-order valence-corrected chi connectivity index (χ1v) is 3.34. The molecule has 10 heavy (non-hydrogen) atoms. The lowest BCUT2D eigenvalue weighted by atomic mass is 10.1. The van der Waals surface area contributed by atoms with E-state index < -0.39 is 0 Å². The maximum atomic E-state index is 5.26. The van der Waals surface area contributed by atoms with Gasteiger partial charge in [0.15, 0.2) is 0 Å². The standard InChI is InChI=1S/C10H9/c1-3-9-7-5-6-8-10(9)4-2/h1,5,7-8H,4H2,2H3. The van der Waals surface area contributed by atoms with Crippen LogP contribution in [-0.4, -0.2) is 0 Å². The van der Waals surface area contributed by atoms with Crippen LogP contribution in [0, 0.1) is 18.4 Å².